The number of para-hydroxylation sites is 2. The highest BCUT2D eigenvalue weighted by Crippen LogP contribution is 2.13. The lowest BCUT2D eigenvalue weighted by molar-refractivity contribution is 0.793. The number of nitrogens with one attached hydrogen (secondary N) is 1. The summed E-state index contributed by atoms with van der Waals surface area (Å²) in [5, 5.41) is 2.94. The minimum absolute atomic E-state index is 0.636. The minimum Gasteiger partial charge on any atom is -0.357 e. The first-order valence-electron chi connectivity index (χ1n) is 5.76. The minimum atomic E-state index is 0.636. The Balaban J connectivity index is 1.96. The highest BCUT2D eigenvalue weighted by Gasteiger charge is 2.03. The third kappa shape index (κ3) is 1.90. The van der Waals surface area contributed by atoms with Crippen LogP contribution in [0, 0.1) is 0 Å². The molecule has 0 fully saturated rings. The predicted molar refractivity (Wildman–Crippen MR) is 70.4 cm³/mol. The number of rotatable bonds is 3. The largest absolute Gasteiger partial charge is 0.357 e. The van der Waals surface area contributed by atoms with Gasteiger partial charge in [0.05, 0.1) is 29.6 Å². The van der Waals surface area contributed by atoms with Gasteiger partial charge in [0.1, 0.15) is 0 Å². The molecule has 0 saturated carbocycles. The molecule has 0 aliphatic heterocycles. The highest BCUT2D eigenvalue weighted by atomic mass is 15.1. The highest BCUT2D eigenvalue weighted by molar-refractivity contribution is 5.75. The summed E-state index contributed by atoms with van der Waals surface area (Å²) in [5.74, 6) is 0.636. The molecule has 0 bridgehead atoms. The van der Waals surface area contributed by atoms with Crippen LogP contribution < -0.4 is 5.32 Å². The predicted octanol–water partition coefficient (Wildman–Crippen LogP) is 1.92. The molecule has 3 rings (SSSR count). The first-order valence-corrected chi connectivity index (χ1v) is 5.76. The van der Waals surface area contributed by atoms with E-state index in [1.54, 1.807) is 6.20 Å². The Morgan fingerprint density at radius 2 is 2.06 bits per heavy atom. The van der Waals surface area contributed by atoms with Gasteiger partial charge in [-0.25, -0.2) is 15.0 Å². The summed E-state index contributed by atoms with van der Waals surface area (Å²) in [6.07, 6.45) is 3.60. The second-order valence-corrected chi connectivity index (χ2v) is 3.98. The molecule has 0 spiro atoms. The van der Waals surface area contributed by atoms with Gasteiger partial charge in [-0.05, 0) is 18.2 Å². The average molecular weight is 239 g/mol. The quantitative estimate of drug-likeness (QED) is 0.758. The first-order chi connectivity index (χ1) is 8.86. The van der Waals surface area contributed by atoms with Crippen LogP contribution in [0.4, 0.5) is 5.95 Å². The normalized spacial score (nSPS) is 10.7. The van der Waals surface area contributed by atoms with Crippen LogP contribution in [-0.4, -0.2) is 26.6 Å². The van der Waals surface area contributed by atoms with E-state index in [0.29, 0.717) is 12.5 Å². The number of benzene rings is 1. The fraction of sp³-hybridized carbons (Fsp3) is 0.154. The maximum atomic E-state index is 4.40. The van der Waals surface area contributed by atoms with Crippen molar-refractivity contribution < 1.29 is 0 Å². The standard InChI is InChI=1S/C13H13N5/c1-14-13-15-7-6-10(17-13)8-18-9-16-11-4-2-3-5-12(11)18/h2-7,9H,8H2,1H3,(H,14,15,17). The molecule has 18 heavy (non-hydrogen) atoms. The third-order valence-corrected chi connectivity index (χ3v) is 2.80. The SMILES string of the molecule is CNc1nccc(Cn2cnc3ccccc32)n1. The summed E-state index contributed by atoms with van der Waals surface area (Å²) in [7, 11) is 1.81. The molecule has 0 aliphatic rings. The molecule has 1 N–H and O–H groups in total. The van der Waals surface area contributed by atoms with Crippen LogP contribution in [0.3, 0.4) is 0 Å². The van der Waals surface area contributed by atoms with E-state index in [9.17, 15) is 0 Å². The zero-order chi connectivity index (χ0) is 12.4. The lowest BCUT2D eigenvalue weighted by Gasteiger charge is -2.05. The summed E-state index contributed by atoms with van der Waals surface area (Å²) in [5.41, 5.74) is 3.07. The van der Waals surface area contributed by atoms with Crippen molar-refractivity contribution in [1.29, 1.82) is 0 Å². The van der Waals surface area contributed by atoms with Crippen molar-refractivity contribution in [3.05, 3.63) is 48.5 Å². The molecular weight excluding hydrogens is 226 g/mol. The second-order valence-electron chi connectivity index (χ2n) is 3.98. The van der Waals surface area contributed by atoms with E-state index in [2.05, 4.69) is 30.9 Å². The molecule has 2 aromatic heterocycles. The van der Waals surface area contributed by atoms with Gasteiger partial charge < -0.3 is 9.88 Å². The molecule has 5 heteroatoms. The molecule has 90 valence electrons. The lowest BCUT2D eigenvalue weighted by Crippen LogP contribution is -2.03. The number of hydrogen-bond acceptors (Lipinski definition) is 4. The Bertz CT molecular complexity index is 674. The van der Waals surface area contributed by atoms with E-state index in [0.717, 1.165) is 16.7 Å². The first kappa shape index (κ1) is 10.7. The molecule has 1 aromatic carbocycles. The Labute approximate surface area is 105 Å². The van der Waals surface area contributed by atoms with Crippen molar-refractivity contribution in [1.82, 2.24) is 19.5 Å². The van der Waals surface area contributed by atoms with Crippen LogP contribution in [0.2, 0.25) is 0 Å². The van der Waals surface area contributed by atoms with Crippen molar-refractivity contribution in [2.45, 2.75) is 6.54 Å². The fourth-order valence-corrected chi connectivity index (χ4v) is 1.92. The summed E-state index contributed by atoms with van der Waals surface area (Å²) >= 11 is 0. The number of hydrogen-bond donors (Lipinski definition) is 1. The van der Waals surface area contributed by atoms with Crippen molar-refractivity contribution in [3.63, 3.8) is 0 Å². The smallest absolute Gasteiger partial charge is 0.222 e. The van der Waals surface area contributed by atoms with Gasteiger partial charge in [0.15, 0.2) is 0 Å². The van der Waals surface area contributed by atoms with Gasteiger partial charge in [0.2, 0.25) is 5.95 Å². The zero-order valence-corrected chi connectivity index (χ0v) is 10.0. The van der Waals surface area contributed by atoms with Crippen LogP contribution in [0.25, 0.3) is 11.0 Å². The number of aromatic nitrogens is 4. The van der Waals surface area contributed by atoms with E-state index in [-0.39, 0.29) is 0 Å². The second kappa shape index (κ2) is 4.44. The van der Waals surface area contributed by atoms with Gasteiger partial charge in [-0.1, -0.05) is 12.1 Å². The molecule has 0 amide bonds. The van der Waals surface area contributed by atoms with Crippen LogP contribution in [0.5, 0.6) is 0 Å². The Hall–Kier alpha value is -2.43. The van der Waals surface area contributed by atoms with E-state index >= 15 is 0 Å². The maximum absolute atomic E-state index is 4.40. The van der Waals surface area contributed by atoms with Crippen molar-refractivity contribution in [3.8, 4) is 0 Å². The van der Waals surface area contributed by atoms with Gasteiger partial charge >= 0.3 is 0 Å². The Morgan fingerprint density at radius 1 is 1.17 bits per heavy atom. The number of imidazole rings is 1. The summed E-state index contributed by atoms with van der Waals surface area (Å²) in [6, 6.07) is 9.98. The van der Waals surface area contributed by atoms with Crippen LogP contribution >= 0.6 is 0 Å². The van der Waals surface area contributed by atoms with E-state index in [4.69, 9.17) is 0 Å². The molecular formula is C13H13N5. The van der Waals surface area contributed by atoms with E-state index < -0.39 is 0 Å². The molecule has 0 radical (unpaired) electrons. The maximum Gasteiger partial charge on any atom is 0.222 e. The summed E-state index contributed by atoms with van der Waals surface area (Å²) in [4.78, 5) is 12.9. The average Bonchev–Trinajstić information content (AvgIpc) is 2.83. The van der Waals surface area contributed by atoms with Crippen LogP contribution in [0.15, 0.2) is 42.9 Å². The molecule has 0 atom stereocenters. The third-order valence-electron chi connectivity index (χ3n) is 2.80. The number of nitrogens with zero attached hydrogens (tertiary/aromatic N) is 4. The monoisotopic (exact) mass is 239 g/mol. The molecule has 0 unspecified atom stereocenters. The van der Waals surface area contributed by atoms with Crippen LogP contribution in [-0.2, 0) is 6.54 Å². The van der Waals surface area contributed by atoms with Gasteiger partial charge in [-0.15, -0.1) is 0 Å². The van der Waals surface area contributed by atoms with Gasteiger partial charge in [-0.2, -0.15) is 0 Å². The van der Waals surface area contributed by atoms with E-state index in [1.165, 1.54) is 0 Å². The van der Waals surface area contributed by atoms with Crippen molar-refractivity contribution >= 4 is 17.0 Å². The lowest BCUT2D eigenvalue weighted by atomic mass is 10.3. The number of fused-ring (bicyclic) bond motifs is 1. The molecule has 0 aliphatic carbocycles. The fourth-order valence-electron chi connectivity index (χ4n) is 1.92. The van der Waals surface area contributed by atoms with Gasteiger partial charge in [0, 0.05) is 13.2 Å². The Morgan fingerprint density at radius 3 is 2.94 bits per heavy atom. The molecule has 5 nitrogen and oxygen atoms in total. The van der Waals surface area contributed by atoms with Gasteiger partial charge in [-0.3, -0.25) is 0 Å². The topological polar surface area (TPSA) is 55.6 Å². The molecule has 3 aromatic rings. The zero-order valence-electron chi connectivity index (χ0n) is 10.0. The van der Waals surface area contributed by atoms with Gasteiger partial charge in [0.25, 0.3) is 0 Å². The van der Waals surface area contributed by atoms with E-state index in [1.807, 2.05) is 37.6 Å². The Kier molecular flexibility index (Phi) is 2.64. The molecule has 0 saturated heterocycles. The molecule has 2 heterocycles. The summed E-state index contributed by atoms with van der Waals surface area (Å²) in [6.45, 7) is 0.692. The van der Waals surface area contributed by atoms with Crippen molar-refractivity contribution in [2.24, 2.45) is 0 Å². The van der Waals surface area contributed by atoms with Crippen molar-refractivity contribution in [2.75, 3.05) is 12.4 Å². The summed E-state index contributed by atoms with van der Waals surface area (Å²) < 4.78 is 2.08. The van der Waals surface area contributed by atoms with Crippen LogP contribution in [0.1, 0.15) is 5.69 Å². The number of anilines is 1.